The Labute approximate surface area is 117 Å². The van der Waals surface area contributed by atoms with Crippen LogP contribution in [0, 0.1) is 0 Å². The lowest BCUT2D eigenvalue weighted by atomic mass is 10.2. The van der Waals surface area contributed by atoms with Gasteiger partial charge in [0.2, 0.25) is 5.43 Å². The van der Waals surface area contributed by atoms with Gasteiger partial charge in [-0.1, -0.05) is 6.92 Å². The quantitative estimate of drug-likeness (QED) is 0.899. The molecule has 0 bridgehead atoms. The number of thioether (sulfide) groups is 1. The smallest absolute Gasteiger partial charge is 0.226 e. The fourth-order valence-corrected chi connectivity index (χ4v) is 3.74. The Bertz CT molecular complexity index is 474. The highest BCUT2D eigenvalue weighted by Crippen LogP contribution is 2.32. The first-order chi connectivity index (χ1) is 9.10. The molecule has 4 nitrogen and oxygen atoms in total. The van der Waals surface area contributed by atoms with E-state index in [-0.39, 0.29) is 11.2 Å². The monoisotopic (exact) mass is 283 g/mol. The van der Waals surface area contributed by atoms with Crippen molar-refractivity contribution in [1.29, 1.82) is 0 Å². The highest BCUT2D eigenvalue weighted by molar-refractivity contribution is 7.99. The standard InChI is InChI=1S/C14H21NO3S/c1-3-19-12-5-4-10(6-12)15(2)8-11-7-13(16)14(17)9-18-11/h7,9-10,12,17H,3-6,8H2,1-2H3/t10-,12+/m0/s1. The Morgan fingerprint density at radius 3 is 3.00 bits per heavy atom. The molecule has 1 heterocycles. The van der Waals surface area contributed by atoms with Crippen molar-refractivity contribution in [2.24, 2.45) is 0 Å². The first kappa shape index (κ1) is 14.5. The van der Waals surface area contributed by atoms with Gasteiger partial charge in [-0.3, -0.25) is 9.69 Å². The molecular formula is C14H21NO3S. The summed E-state index contributed by atoms with van der Waals surface area (Å²) in [5.74, 6) is 1.46. The van der Waals surface area contributed by atoms with Crippen LogP contribution in [0.1, 0.15) is 31.9 Å². The molecule has 2 atom stereocenters. The summed E-state index contributed by atoms with van der Waals surface area (Å²) >= 11 is 2.04. The second kappa shape index (κ2) is 6.48. The van der Waals surface area contributed by atoms with E-state index in [1.165, 1.54) is 31.1 Å². The summed E-state index contributed by atoms with van der Waals surface area (Å²) in [6.07, 6.45) is 4.80. The van der Waals surface area contributed by atoms with E-state index >= 15 is 0 Å². The molecule has 2 rings (SSSR count). The van der Waals surface area contributed by atoms with Gasteiger partial charge in [0.1, 0.15) is 12.0 Å². The highest BCUT2D eigenvalue weighted by Gasteiger charge is 2.27. The number of nitrogens with zero attached hydrogens (tertiary/aromatic N) is 1. The number of hydrogen-bond donors (Lipinski definition) is 1. The van der Waals surface area contributed by atoms with Crippen LogP contribution in [-0.2, 0) is 6.54 Å². The van der Waals surface area contributed by atoms with Crippen molar-refractivity contribution in [3.8, 4) is 5.75 Å². The van der Waals surface area contributed by atoms with Crippen LogP contribution in [-0.4, -0.2) is 34.1 Å². The molecule has 1 aliphatic rings. The maximum atomic E-state index is 11.3. The molecular weight excluding hydrogens is 262 g/mol. The minimum Gasteiger partial charge on any atom is -0.502 e. The summed E-state index contributed by atoms with van der Waals surface area (Å²) in [5.41, 5.74) is -0.375. The van der Waals surface area contributed by atoms with Gasteiger partial charge in [-0.2, -0.15) is 11.8 Å². The molecule has 0 aromatic carbocycles. The van der Waals surface area contributed by atoms with Crippen LogP contribution in [0.25, 0.3) is 0 Å². The van der Waals surface area contributed by atoms with Crippen molar-refractivity contribution >= 4 is 11.8 Å². The molecule has 0 saturated heterocycles. The number of hydrogen-bond acceptors (Lipinski definition) is 5. The number of aromatic hydroxyl groups is 1. The van der Waals surface area contributed by atoms with E-state index in [0.29, 0.717) is 18.3 Å². The summed E-state index contributed by atoms with van der Waals surface area (Å²) in [7, 11) is 2.07. The molecule has 1 aliphatic carbocycles. The van der Waals surface area contributed by atoms with Crippen LogP contribution in [0.3, 0.4) is 0 Å². The summed E-state index contributed by atoms with van der Waals surface area (Å²) in [6.45, 7) is 2.82. The van der Waals surface area contributed by atoms with E-state index < -0.39 is 0 Å². The number of rotatable bonds is 5. The fourth-order valence-electron chi connectivity index (χ4n) is 2.61. The van der Waals surface area contributed by atoms with Crippen molar-refractivity contribution in [3.05, 3.63) is 28.3 Å². The largest absolute Gasteiger partial charge is 0.502 e. The van der Waals surface area contributed by atoms with Crippen molar-refractivity contribution in [3.63, 3.8) is 0 Å². The Hall–Kier alpha value is -0.940. The third kappa shape index (κ3) is 3.76. The minimum atomic E-state index is -0.375. The lowest BCUT2D eigenvalue weighted by molar-refractivity contribution is 0.216. The molecule has 5 heteroatoms. The van der Waals surface area contributed by atoms with E-state index in [2.05, 4.69) is 18.9 Å². The lowest BCUT2D eigenvalue weighted by Gasteiger charge is -2.23. The van der Waals surface area contributed by atoms with Crippen LogP contribution >= 0.6 is 11.8 Å². The van der Waals surface area contributed by atoms with Crippen LogP contribution in [0.2, 0.25) is 0 Å². The highest BCUT2D eigenvalue weighted by atomic mass is 32.2. The summed E-state index contributed by atoms with van der Waals surface area (Å²) < 4.78 is 5.25. The van der Waals surface area contributed by atoms with Gasteiger partial charge in [0.15, 0.2) is 5.75 Å². The second-order valence-corrected chi connectivity index (χ2v) is 6.63. The summed E-state index contributed by atoms with van der Waals surface area (Å²) in [6, 6.07) is 1.93. The van der Waals surface area contributed by atoms with Crippen molar-refractivity contribution in [1.82, 2.24) is 4.90 Å². The predicted molar refractivity (Wildman–Crippen MR) is 77.7 cm³/mol. The van der Waals surface area contributed by atoms with Gasteiger partial charge in [-0.15, -0.1) is 0 Å². The van der Waals surface area contributed by atoms with E-state index in [9.17, 15) is 4.79 Å². The summed E-state index contributed by atoms with van der Waals surface area (Å²) in [5, 5.41) is 9.93. The topological polar surface area (TPSA) is 53.7 Å². The van der Waals surface area contributed by atoms with Crippen LogP contribution in [0.4, 0.5) is 0 Å². The minimum absolute atomic E-state index is 0.327. The maximum absolute atomic E-state index is 11.3. The molecule has 0 spiro atoms. The van der Waals surface area contributed by atoms with Crippen LogP contribution < -0.4 is 5.43 Å². The van der Waals surface area contributed by atoms with E-state index in [1.54, 1.807) is 0 Å². The first-order valence-electron chi connectivity index (χ1n) is 6.72. The molecule has 0 unspecified atom stereocenters. The van der Waals surface area contributed by atoms with Gasteiger partial charge in [-0.05, 0) is 32.1 Å². The fraction of sp³-hybridized carbons (Fsp3) is 0.643. The van der Waals surface area contributed by atoms with E-state index in [4.69, 9.17) is 9.52 Å². The molecule has 1 aromatic rings. The van der Waals surface area contributed by atoms with Crippen LogP contribution in [0.15, 0.2) is 21.5 Å². The Morgan fingerprint density at radius 2 is 2.32 bits per heavy atom. The van der Waals surface area contributed by atoms with Gasteiger partial charge in [0.05, 0.1) is 6.54 Å². The normalized spacial score (nSPS) is 23.1. The van der Waals surface area contributed by atoms with Gasteiger partial charge in [0.25, 0.3) is 0 Å². The lowest BCUT2D eigenvalue weighted by Crippen LogP contribution is -2.29. The average molecular weight is 283 g/mol. The molecule has 19 heavy (non-hydrogen) atoms. The van der Waals surface area contributed by atoms with Gasteiger partial charge < -0.3 is 9.52 Å². The SMILES string of the molecule is CCS[C@@H]1CC[C@H](N(C)Cc2cc(=O)c(O)co2)C1. The molecule has 1 N–H and O–H groups in total. The molecule has 1 saturated carbocycles. The van der Waals surface area contributed by atoms with E-state index in [0.717, 1.165) is 11.5 Å². The van der Waals surface area contributed by atoms with E-state index in [1.807, 2.05) is 11.8 Å². The predicted octanol–water partition coefficient (Wildman–Crippen LogP) is 2.45. The first-order valence-corrected chi connectivity index (χ1v) is 7.77. The average Bonchev–Trinajstić information content (AvgIpc) is 2.83. The third-order valence-corrected chi connectivity index (χ3v) is 4.89. The Balaban J connectivity index is 1.92. The Kier molecular flexibility index (Phi) is 4.93. The van der Waals surface area contributed by atoms with Crippen molar-refractivity contribution < 1.29 is 9.52 Å². The van der Waals surface area contributed by atoms with Crippen molar-refractivity contribution in [2.75, 3.05) is 12.8 Å². The molecule has 106 valence electrons. The summed E-state index contributed by atoms with van der Waals surface area (Å²) in [4.78, 5) is 13.6. The molecule has 0 amide bonds. The Morgan fingerprint density at radius 1 is 1.53 bits per heavy atom. The zero-order valence-electron chi connectivity index (χ0n) is 11.5. The third-order valence-electron chi connectivity index (χ3n) is 3.65. The molecule has 0 aliphatic heterocycles. The zero-order chi connectivity index (χ0) is 13.8. The molecule has 1 aromatic heterocycles. The van der Waals surface area contributed by atoms with Gasteiger partial charge in [0, 0.05) is 17.4 Å². The van der Waals surface area contributed by atoms with Crippen molar-refractivity contribution in [2.45, 2.75) is 44.0 Å². The molecule has 1 fully saturated rings. The zero-order valence-corrected chi connectivity index (χ0v) is 12.3. The maximum Gasteiger partial charge on any atom is 0.226 e. The van der Waals surface area contributed by atoms with Crippen LogP contribution in [0.5, 0.6) is 5.75 Å². The molecule has 0 radical (unpaired) electrons. The van der Waals surface area contributed by atoms with Gasteiger partial charge >= 0.3 is 0 Å². The second-order valence-electron chi connectivity index (χ2n) is 5.06. The van der Waals surface area contributed by atoms with Gasteiger partial charge in [-0.25, -0.2) is 0 Å².